The first-order chi connectivity index (χ1) is 13.2. The largest absolute Gasteiger partial charge is 0.336 e. The minimum atomic E-state index is -2.98. The first-order valence-corrected chi connectivity index (χ1v) is 11.4. The van der Waals surface area contributed by atoms with Gasteiger partial charge in [-0.05, 0) is 44.2 Å². The number of sulfone groups is 1. The lowest BCUT2D eigenvalue weighted by molar-refractivity contribution is 0.0643. The minimum absolute atomic E-state index is 0.0239. The van der Waals surface area contributed by atoms with E-state index in [9.17, 15) is 17.6 Å². The Labute approximate surface area is 165 Å². The average Bonchev–Trinajstić information content (AvgIpc) is 2.94. The summed E-state index contributed by atoms with van der Waals surface area (Å²) in [6, 6.07) is 8.09. The highest BCUT2D eigenvalue weighted by Gasteiger charge is 2.25. The summed E-state index contributed by atoms with van der Waals surface area (Å²) in [6.45, 7) is 6.80. The predicted octanol–water partition coefficient (Wildman–Crippen LogP) is 2.04. The predicted molar refractivity (Wildman–Crippen MR) is 107 cm³/mol. The highest BCUT2D eigenvalue weighted by atomic mass is 32.2. The van der Waals surface area contributed by atoms with E-state index in [-0.39, 0.29) is 17.5 Å². The van der Waals surface area contributed by atoms with Crippen molar-refractivity contribution in [2.45, 2.75) is 13.8 Å². The fourth-order valence-electron chi connectivity index (χ4n) is 3.61. The van der Waals surface area contributed by atoms with Gasteiger partial charge in [0, 0.05) is 56.1 Å². The van der Waals surface area contributed by atoms with Crippen LogP contribution >= 0.6 is 0 Å². The lowest BCUT2D eigenvalue weighted by atomic mass is 10.2. The molecule has 2 heterocycles. The standard InChI is InChI=1S/C20H26FN3O3S/c1-15-14-19(16(2)24(15)18-6-4-17(21)5-7-18)20(25)23-10-8-22(9-11-23)12-13-28(3,26)27/h4-7,14H,8-13H2,1-3H3. The number of aromatic nitrogens is 1. The van der Waals surface area contributed by atoms with Crippen molar-refractivity contribution in [2.24, 2.45) is 0 Å². The van der Waals surface area contributed by atoms with Gasteiger partial charge in [0.25, 0.3) is 5.91 Å². The summed E-state index contributed by atoms with van der Waals surface area (Å²) in [5, 5.41) is 0. The molecule has 28 heavy (non-hydrogen) atoms. The van der Waals surface area contributed by atoms with Crippen molar-refractivity contribution in [3.8, 4) is 5.69 Å². The van der Waals surface area contributed by atoms with Crippen molar-refractivity contribution in [3.63, 3.8) is 0 Å². The van der Waals surface area contributed by atoms with E-state index in [2.05, 4.69) is 4.90 Å². The molecule has 1 aromatic carbocycles. The minimum Gasteiger partial charge on any atom is -0.336 e. The van der Waals surface area contributed by atoms with Crippen molar-refractivity contribution in [1.82, 2.24) is 14.4 Å². The Kier molecular flexibility index (Phi) is 5.90. The molecule has 1 aliphatic heterocycles. The van der Waals surface area contributed by atoms with Crippen LogP contribution in [0.2, 0.25) is 0 Å². The van der Waals surface area contributed by atoms with Crippen molar-refractivity contribution in [3.05, 3.63) is 53.1 Å². The number of hydrogen-bond donors (Lipinski definition) is 0. The molecule has 1 aliphatic rings. The summed E-state index contributed by atoms with van der Waals surface area (Å²) in [6.07, 6.45) is 1.24. The third kappa shape index (κ3) is 4.62. The molecule has 2 aromatic rings. The van der Waals surface area contributed by atoms with Gasteiger partial charge in [0.05, 0.1) is 11.3 Å². The summed E-state index contributed by atoms with van der Waals surface area (Å²) < 4.78 is 37.8. The van der Waals surface area contributed by atoms with Crippen molar-refractivity contribution >= 4 is 15.7 Å². The fourth-order valence-corrected chi connectivity index (χ4v) is 4.20. The SMILES string of the molecule is Cc1cc(C(=O)N2CCN(CCS(C)(=O)=O)CC2)c(C)n1-c1ccc(F)cc1. The molecule has 3 rings (SSSR count). The van der Waals surface area contributed by atoms with Gasteiger partial charge in [-0.15, -0.1) is 0 Å². The number of rotatable bonds is 5. The Morgan fingerprint density at radius 1 is 1.07 bits per heavy atom. The number of aryl methyl sites for hydroxylation is 1. The zero-order valence-electron chi connectivity index (χ0n) is 16.5. The molecule has 6 nitrogen and oxygen atoms in total. The number of halogens is 1. The second kappa shape index (κ2) is 8.05. The van der Waals surface area contributed by atoms with E-state index in [1.165, 1.54) is 18.4 Å². The molecule has 1 amide bonds. The molecule has 0 aliphatic carbocycles. The van der Waals surface area contributed by atoms with Crippen molar-refractivity contribution in [1.29, 1.82) is 0 Å². The van der Waals surface area contributed by atoms with Crippen LogP contribution in [0.3, 0.4) is 0 Å². The van der Waals surface area contributed by atoms with E-state index in [1.807, 2.05) is 29.4 Å². The Hall–Kier alpha value is -2.19. The summed E-state index contributed by atoms with van der Waals surface area (Å²) >= 11 is 0. The Morgan fingerprint density at radius 3 is 2.25 bits per heavy atom. The summed E-state index contributed by atoms with van der Waals surface area (Å²) in [5.74, 6) is -0.180. The number of hydrogen-bond acceptors (Lipinski definition) is 4. The summed E-state index contributed by atoms with van der Waals surface area (Å²) in [7, 11) is -2.98. The maximum Gasteiger partial charge on any atom is 0.255 e. The normalized spacial score (nSPS) is 15.8. The van der Waals surface area contributed by atoms with Crippen LogP contribution in [-0.4, -0.2) is 73.4 Å². The van der Waals surface area contributed by atoms with Crippen molar-refractivity contribution in [2.75, 3.05) is 44.7 Å². The number of amides is 1. The number of carbonyl (C=O) groups excluding carboxylic acids is 1. The maximum absolute atomic E-state index is 13.2. The fraction of sp³-hybridized carbons (Fsp3) is 0.450. The molecule has 152 valence electrons. The Morgan fingerprint density at radius 2 is 1.68 bits per heavy atom. The quantitative estimate of drug-likeness (QED) is 0.761. The van der Waals surface area contributed by atoms with Crippen LogP contribution in [0.1, 0.15) is 21.7 Å². The van der Waals surface area contributed by atoms with E-state index < -0.39 is 9.84 Å². The molecule has 0 saturated carbocycles. The van der Waals surface area contributed by atoms with Crippen LogP contribution in [0.15, 0.2) is 30.3 Å². The summed E-state index contributed by atoms with van der Waals surface area (Å²) in [4.78, 5) is 16.9. The average molecular weight is 408 g/mol. The van der Waals surface area contributed by atoms with Crippen LogP contribution in [-0.2, 0) is 9.84 Å². The van der Waals surface area contributed by atoms with Gasteiger partial charge in [-0.3, -0.25) is 9.69 Å². The molecule has 8 heteroatoms. The Bertz CT molecular complexity index is 959. The molecule has 0 bridgehead atoms. The highest BCUT2D eigenvalue weighted by Crippen LogP contribution is 2.23. The van der Waals surface area contributed by atoms with E-state index in [1.54, 1.807) is 12.1 Å². The van der Waals surface area contributed by atoms with Crippen LogP contribution in [0.4, 0.5) is 4.39 Å². The molecule has 0 N–H and O–H groups in total. The monoisotopic (exact) mass is 407 g/mol. The molecule has 1 saturated heterocycles. The van der Waals surface area contributed by atoms with Gasteiger partial charge in [0.1, 0.15) is 15.7 Å². The highest BCUT2D eigenvalue weighted by molar-refractivity contribution is 7.90. The molecular formula is C20H26FN3O3S. The van der Waals surface area contributed by atoms with Gasteiger partial charge in [-0.25, -0.2) is 12.8 Å². The summed E-state index contributed by atoms with van der Waals surface area (Å²) in [5.41, 5.74) is 3.21. The van der Waals surface area contributed by atoms with Gasteiger partial charge in [0.15, 0.2) is 0 Å². The number of benzene rings is 1. The second-order valence-electron chi connectivity index (χ2n) is 7.36. The van der Waals surface area contributed by atoms with E-state index in [0.29, 0.717) is 38.3 Å². The lowest BCUT2D eigenvalue weighted by Crippen LogP contribution is -2.49. The van der Waals surface area contributed by atoms with Crippen LogP contribution in [0.25, 0.3) is 5.69 Å². The first-order valence-electron chi connectivity index (χ1n) is 9.30. The van der Waals surface area contributed by atoms with Crippen molar-refractivity contribution < 1.29 is 17.6 Å². The van der Waals surface area contributed by atoms with Gasteiger partial charge in [0.2, 0.25) is 0 Å². The number of piperazine rings is 1. The van der Waals surface area contributed by atoms with Gasteiger partial charge in [-0.2, -0.15) is 0 Å². The van der Waals surface area contributed by atoms with E-state index >= 15 is 0 Å². The third-order valence-corrected chi connectivity index (χ3v) is 6.11. The van der Waals surface area contributed by atoms with Crippen LogP contribution in [0, 0.1) is 19.7 Å². The maximum atomic E-state index is 13.2. The Balaban J connectivity index is 1.70. The van der Waals surface area contributed by atoms with Crippen LogP contribution < -0.4 is 0 Å². The number of carbonyl (C=O) groups is 1. The zero-order chi connectivity index (χ0) is 20.5. The molecule has 0 unspecified atom stereocenters. The zero-order valence-corrected chi connectivity index (χ0v) is 17.3. The second-order valence-corrected chi connectivity index (χ2v) is 9.62. The third-order valence-electron chi connectivity index (χ3n) is 5.18. The molecule has 1 fully saturated rings. The van der Waals surface area contributed by atoms with Crippen LogP contribution in [0.5, 0.6) is 0 Å². The molecule has 0 spiro atoms. The molecular weight excluding hydrogens is 381 g/mol. The van der Waals surface area contributed by atoms with E-state index in [0.717, 1.165) is 17.1 Å². The molecule has 0 atom stereocenters. The molecule has 0 radical (unpaired) electrons. The molecule has 1 aromatic heterocycles. The topological polar surface area (TPSA) is 62.6 Å². The smallest absolute Gasteiger partial charge is 0.255 e. The van der Waals surface area contributed by atoms with Gasteiger partial charge >= 0.3 is 0 Å². The first kappa shape index (κ1) is 20.5. The van der Waals surface area contributed by atoms with Gasteiger partial charge < -0.3 is 9.47 Å². The lowest BCUT2D eigenvalue weighted by Gasteiger charge is -2.34. The van der Waals surface area contributed by atoms with Gasteiger partial charge in [-0.1, -0.05) is 0 Å². The van der Waals surface area contributed by atoms with E-state index in [4.69, 9.17) is 0 Å². The number of nitrogens with zero attached hydrogens (tertiary/aromatic N) is 3.